The number of esters is 1. The second kappa shape index (κ2) is 11.8. The van der Waals surface area contributed by atoms with Crippen LogP contribution in [0.2, 0.25) is 0 Å². The fraction of sp³-hybridized carbons (Fsp3) is 0.429. The summed E-state index contributed by atoms with van der Waals surface area (Å²) in [4.78, 5) is 17.4. The fourth-order valence-electron chi connectivity index (χ4n) is 3.97. The number of aliphatic hydroxyl groups is 1. The number of hydrogen-bond acceptors (Lipinski definition) is 5. The third kappa shape index (κ3) is 6.55. The lowest BCUT2D eigenvalue weighted by atomic mass is 9.92. The molecule has 0 radical (unpaired) electrons. The summed E-state index contributed by atoms with van der Waals surface area (Å²) in [6, 6.07) is 19.8. The normalized spacial score (nSPS) is 14.1. The van der Waals surface area contributed by atoms with Crippen LogP contribution in [-0.4, -0.2) is 28.3 Å². The van der Waals surface area contributed by atoms with Crippen molar-refractivity contribution in [3.05, 3.63) is 66.6 Å². The van der Waals surface area contributed by atoms with Crippen LogP contribution < -0.4 is 0 Å². The first-order valence-electron chi connectivity index (χ1n) is 11.9. The third-order valence-electron chi connectivity index (χ3n) is 5.63. The minimum absolute atomic E-state index is 0.178. The van der Waals surface area contributed by atoms with Crippen molar-refractivity contribution in [1.82, 2.24) is 4.98 Å². The van der Waals surface area contributed by atoms with Gasteiger partial charge in [0.25, 0.3) is 0 Å². The quantitative estimate of drug-likeness (QED) is 0.333. The Morgan fingerprint density at radius 3 is 2.15 bits per heavy atom. The number of aliphatic hydroxyl groups excluding tert-OH is 1. The summed E-state index contributed by atoms with van der Waals surface area (Å²) in [7, 11) is 0. The van der Waals surface area contributed by atoms with Crippen LogP contribution in [0.5, 0.6) is 0 Å². The number of carbonyl (C=O) groups excluding carboxylic acids is 1. The van der Waals surface area contributed by atoms with E-state index >= 15 is 0 Å². The van der Waals surface area contributed by atoms with E-state index in [4.69, 9.17) is 14.1 Å². The average Bonchev–Trinajstić information content (AvgIpc) is 3.24. The number of hydrogen-bond donors (Lipinski definition) is 1. The molecule has 33 heavy (non-hydrogen) atoms. The van der Waals surface area contributed by atoms with Crippen LogP contribution in [0.15, 0.2) is 65.1 Å². The van der Waals surface area contributed by atoms with E-state index < -0.39 is 12.2 Å². The van der Waals surface area contributed by atoms with E-state index in [1.807, 2.05) is 74.5 Å². The molecule has 0 aliphatic carbocycles. The number of ether oxygens (including phenoxy) is 1. The van der Waals surface area contributed by atoms with Crippen molar-refractivity contribution in [3.8, 4) is 22.6 Å². The Morgan fingerprint density at radius 1 is 1.00 bits per heavy atom. The van der Waals surface area contributed by atoms with Crippen LogP contribution in [-0.2, 0) is 9.53 Å². The number of unbranched alkanes of at least 4 members (excludes halogenated alkanes) is 1. The Labute approximate surface area is 196 Å². The molecule has 1 aromatic heterocycles. The van der Waals surface area contributed by atoms with Crippen LogP contribution in [0.25, 0.3) is 22.6 Å². The second-order valence-electron chi connectivity index (χ2n) is 9.00. The number of aromatic nitrogens is 1. The van der Waals surface area contributed by atoms with Gasteiger partial charge in [0, 0.05) is 17.5 Å². The summed E-state index contributed by atoms with van der Waals surface area (Å²) in [5.74, 6) is 0.689. The average molecular weight is 450 g/mol. The maximum Gasteiger partial charge on any atom is 0.306 e. The van der Waals surface area contributed by atoms with Gasteiger partial charge in [-0.2, -0.15) is 0 Å². The van der Waals surface area contributed by atoms with Crippen molar-refractivity contribution >= 4 is 5.97 Å². The molecule has 0 amide bonds. The van der Waals surface area contributed by atoms with Gasteiger partial charge in [-0.15, -0.1) is 0 Å². The van der Waals surface area contributed by atoms with Crippen LogP contribution in [0, 0.1) is 5.92 Å². The zero-order valence-electron chi connectivity index (χ0n) is 20.0. The predicted molar refractivity (Wildman–Crippen MR) is 131 cm³/mol. The van der Waals surface area contributed by atoms with Crippen molar-refractivity contribution in [3.63, 3.8) is 0 Å². The maximum absolute atomic E-state index is 12.5. The molecule has 0 saturated carbocycles. The lowest BCUT2D eigenvalue weighted by Crippen LogP contribution is -2.35. The highest BCUT2D eigenvalue weighted by atomic mass is 16.6. The molecule has 3 atom stereocenters. The molecule has 0 bridgehead atoms. The Balaban J connectivity index is 2.06. The van der Waals surface area contributed by atoms with Crippen molar-refractivity contribution in [2.45, 2.75) is 71.5 Å². The first-order chi connectivity index (χ1) is 15.9. The minimum atomic E-state index is -0.852. The zero-order chi connectivity index (χ0) is 23.8. The van der Waals surface area contributed by atoms with Gasteiger partial charge in [-0.1, -0.05) is 94.3 Å². The van der Waals surface area contributed by atoms with E-state index in [1.54, 1.807) is 6.92 Å². The molecule has 1 unspecified atom stereocenters. The summed E-state index contributed by atoms with van der Waals surface area (Å²) < 4.78 is 12.2. The summed E-state index contributed by atoms with van der Waals surface area (Å²) in [6.45, 7) is 7.71. The van der Waals surface area contributed by atoms with Gasteiger partial charge in [-0.3, -0.25) is 4.79 Å². The van der Waals surface area contributed by atoms with Gasteiger partial charge in [0.05, 0.1) is 12.0 Å². The first kappa shape index (κ1) is 24.7. The van der Waals surface area contributed by atoms with Gasteiger partial charge in [-0.25, -0.2) is 4.98 Å². The van der Waals surface area contributed by atoms with Gasteiger partial charge < -0.3 is 14.3 Å². The molecule has 176 valence electrons. The van der Waals surface area contributed by atoms with Crippen LogP contribution in [0.3, 0.4) is 0 Å². The Morgan fingerprint density at radius 2 is 1.61 bits per heavy atom. The molecule has 1 heterocycles. The lowest BCUT2D eigenvalue weighted by molar-refractivity contribution is -0.157. The number of rotatable bonds is 11. The highest BCUT2D eigenvalue weighted by Crippen LogP contribution is 2.38. The maximum atomic E-state index is 12.5. The molecular weight excluding hydrogens is 414 g/mol. The summed E-state index contributed by atoms with van der Waals surface area (Å²) in [5, 5.41) is 10.6. The van der Waals surface area contributed by atoms with Crippen molar-refractivity contribution in [2.24, 2.45) is 5.92 Å². The van der Waals surface area contributed by atoms with Crippen molar-refractivity contribution in [2.75, 3.05) is 0 Å². The SMILES string of the molecule is CCCCC(c1nc(-c2ccccc2)c(-c2ccccc2)o1)[C@@H](OC(=O)CC(C)C)[C@H](C)O. The van der Waals surface area contributed by atoms with Crippen LogP contribution in [0.1, 0.15) is 65.2 Å². The Kier molecular flexibility index (Phi) is 8.84. The lowest BCUT2D eigenvalue weighted by Gasteiger charge is -2.27. The Bertz CT molecular complexity index is 938. The van der Waals surface area contributed by atoms with Crippen molar-refractivity contribution < 1.29 is 19.1 Å². The van der Waals surface area contributed by atoms with E-state index in [9.17, 15) is 9.90 Å². The largest absolute Gasteiger partial charge is 0.459 e. The zero-order valence-corrected chi connectivity index (χ0v) is 20.0. The molecule has 3 rings (SSSR count). The van der Waals surface area contributed by atoms with Gasteiger partial charge in [0.15, 0.2) is 5.76 Å². The summed E-state index contributed by atoms with van der Waals surface area (Å²) >= 11 is 0. The second-order valence-corrected chi connectivity index (χ2v) is 9.00. The number of benzene rings is 2. The molecule has 0 aliphatic rings. The molecular formula is C28H35NO4. The predicted octanol–water partition coefficient (Wildman–Crippen LogP) is 6.62. The molecule has 0 spiro atoms. The van der Waals surface area contributed by atoms with Crippen molar-refractivity contribution in [1.29, 1.82) is 0 Å². The van der Waals surface area contributed by atoms with Gasteiger partial charge in [-0.05, 0) is 19.3 Å². The highest BCUT2D eigenvalue weighted by molar-refractivity contribution is 5.76. The van der Waals surface area contributed by atoms with E-state index in [1.165, 1.54) is 0 Å². The van der Waals surface area contributed by atoms with E-state index in [2.05, 4.69) is 6.92 Å². The van der Waals surface area contributed by atoms with Gasteiger partial charge in [0.2, 0.25) is 5.89 Å². The summed E-state index contributed by atoms with van der Waals surface area (Å²) in [5.41, 5.74) is 2.62. The summed E-state index contributed by atoms with van der Waals surface area (Å²) in [6.07, 6.45) is 1.30. The molecule has 2 aromatic carbocycles. The van der Waals surface area contributed by atoms with Crippen LogP contribution >= 0.6 is 0 Å². The molecule has 0 fully saturated rings. The molecule has 0 aliphatic heterocycles. The first-order valence-corrected chi connectivity index (χ1v) is 11.9. The number of carbonyl (C=O) groups is 1. The fourth-order valence-corrected chi connectivity index (χ4v) is 3.97. The molecule has 5 heteroatoms. The number of oxazole rings is 1. The van der Waals surface area contributed by atoms with Gasteiger partial charge in [0.1, 0.15) is 11.8 Å². The van der Waals surface area contributed by atoms with E-state index in [0.29, 0.717) is 24.5 Å². The molecule has 1 N–H and O–H groups in total. The third-order valence-corrected chi connectivity index (χ3v) is 5.63. The molecule has 5 nitrogen and oxygen atoms in total. The smallest absolute Gasteiger partial charge is 0.306 e. The highest BCUT2D eigenvalue weighted by Gasteiger charge is 2.35. The molecule has 0 saturated heterocycles. The monoisotopic (exact) mass is 449 g/mol. The van der Waals surface area contributed by atoms with E-state index in [-0.39, 0.29) is 17.8 Å². The minimum Gasteiger partial charge on any atom is -0.459 e. The standard InChI is InChI=1S/C28H35NO4/c1-5-6-17-23(26(20(4)30)32-24(31)18-19(2)3)28-29-25(21-13-9-7-10-14-21)27(33-28)22-15-11-8-12-16-22/h7-16,19-20,23,26,30H,5-6,17-18H2,1-4H3/t20-,23?,26-/m0/s1. The Hall–Kier alpha value is -2.92. The topological polar surface area (TPSA) is 72.6 Å². The molecule has 3 aromatic rings. The van der Waals surface area contributed by atoms with Gasteiger partial charge >= 0.3 is 5.97 Å². The van der Waals surface area contributed by atoms with E-state index in [0.717, 1.165) is 29.7 Å². The van der Waals surface area contributed by atoms with Crippen LogP contribution in [0.4, 0.5) is 0 Å². The number of nitrogens with zero attached hydrogens (tertiary/aromatic N) is 1.